The quantitative estimate of drug-likeness (QED) is 0.881. The van der Waals surface area contributed by atoms with Gasteiger partial charge in [-0.2, -0.15) is 0 Å². The zero-order chi connectivity index (χ0) is 13.8. The lowest BCUT2D eigenvalue weighted by atomic mass is 9.96. The second-order valence-electron chi connectivity index (χ2n) is 5.12. The number of hydrogen-bond donors (Lipinski definition) is 2. The van der Waals surface area contributed by atoms with Gasteiger partial charge in [-0.3, -0.25) is 0 Å². The Balaban J connectivity index is 2.22. The lowest BCUT2D eigenvalue weighted by Crippen LogP contribution is -2.09. The van der Waals surface area contributed by atoms with Crippen LogP contribution in [0.1, 0.15) is 41.2 Å². The number of aliphatic hydroxyl groups is 1. The fraction of sp³-hybridized carbons (Fsp3) is 0.294. The van der Waals surface area contributed by atoms with Crippen molar-refractivity contribution in [1.82, 2.24) is 0 Å². The third kappa shape index (κ3) is 3.22. The van der Waals surface area contributed by atoms with Crippen LogP contribution in [0.15, 0.2) is 48.5 Å². The third-order valence-electron chi connectivity index (χ3n) is 3.53. The highest BCUT2D eigenvalue weighted by molar-refractivity contribution is 5.34. The first-order valence-corrected chi connectivity index (χ1v) is 6.66. The van der Waals surface area contributed by atoms with Crippen LogP contribution in [0.25, 0.3) is 0 Å². The summed E-state index contributed by atoms with van der Waals surface area (Å²) in [5, 5.41) is 10.4. The van der Waals surface area contributed by atoms with Crippen LogP contribution >= 0.6 is 0 Å². The molecule has 0 fully saturated rings. The van der Waals surface area contributed by atoms with Crippen molar-refractivity contribution in [3.63, 3.8) is 0 Å². The normalized spacial score (nSPS) is 14.1. The average molecular weight is 255 g/mol. The third-order valence-corrected chi connectivity index (χ3v) is 3.53. The van der Waals surface area contributed by atoms with Gasteiger partial charge >= 0.3 is 0 Å². The second kappa shape index (κ2) is 6.00. The molecule has 100 valence electrons. The molecule has 0 bridgehead atoms. The fourth-order valence-electron chi connectivity index (χ4n) is 2.18. The molecule has 19 heavy (non-hydrogen) atoms. The van der Waals surface area contributed by atoms with Gasteiger partial charge in [0.15, 0.2) is 0 Å². The number of rotatable bonds is 4. The van der Waals surface area contributed by atoms with Crippen LogP contribution in [-0.2, 0) is 0 Å². The Morgan fingerprint density at radius 2 is 1.63 bits per heavy atom. The van der Waals surface area contributed by atoms with Crippen molar-refractivity contribution in [3.05, 3.63) is 70.8 Å². The number of nitrogens with two attached hydrogens (primary N) is 1. The summed E-state index contributed by atoms with van der Waals surface area (Å²) in [5.41, 5.74) is 9.87. The van der Waals surface area contributed by atoms with Gasteiger partial charge in [-0.15, -0.1) is 0 Å². The van der Waals surface area contributed by atoms with Gasteiger partial charge < -0.3 is 10.8 Å². The minimum absolute atomic E-state index is 0.352. The molecular weight excluding hydrogens is 234 g/mol. The summed E-state index contributed by atoms with van der Waals surface area (Å²) in [6, 6.07) is 16.0. The lowest BCUT2D eigenvalue weighted by molar-refractivity contribution is 0.220. The van der Waals surface area contributed by atoms with Crippen molar-refractivity contribution in [2.75, 3.05) is 6.54 Å². The smallest absolute Gasteiger partial charge is 0.104 e. The van der Waals surface area contributed by atoms with E-state index >= 15 is 0 Å². The molecule has 2 unspecified atom stereocenters. The van der Waals surface area contributed by atoms with Crippen LogP contribution in [0.5, 0.6) is 0 Å². The monoisotopic (exact) mass is 255 g/mol. The van der Waals surface area contributed by atoms with Gasteiger partial charge in [0.1, 0.15) is 6.10 Å². The number of aliphatic hydroxyl groups excluding tert-OH is 1. The molecule has 2 nitrogen and oxygen atoms in total. The maximum absolute atomic E-state index is 10.4. The standard InChI is InChI=1S/C17H21NO/c1-12-4-3-5-16(10-12)17(19)15-8-6-14(7-9-15)13(2)11-18/h3-10,13,17,19H,11,18H2,1-2H3. The Morgan fingerprint density at radius 3 is 2.21 bits per heavy atom. The molecular formula is C17H21NO. The summed E-state index contributed by atoms with van der Waals surface area (Å²) in [6.07, 6.45) is -0.567. The lowest BCUT2D eigenvalue weighted by Gasteiger charge is -2.14. The van der Waals surface area contributed by atoms with Gasteiger partial charge in [-0.05, 0) is 36.1 Å². The van der Waals surface area contributed by atoms with E-state index in [1.54, 1.807) is 0 Å². The van der Waals surface area contributed by atoms with Crippen molar-refractivity contribution in [1.29, 1.82) is 0 Å². The molecule has 0 aliphatic carbocycles. The SMILES string of the molecule is Cc1cccc(C(O)c2ccc(C(C)CN)cc2)c1. The molecule has 0 heterocycles. The summed E-state index contributed by atoms with van der Waals surface area (Å²) < 4.78 is 0. The van der Waals surface area contributed by atoms with Gasteiger partial charge in [0.25, 0.3) is 0 Å². The molecule has 3 N–H and O–H groups in total. The highest BCUT2D eigenvalue weighted by Gasteiger charge is 2.11. The summed E-state index contributed by atoms with van der Waals surface area (Å²) in [7, 11) is 0. The number of aryl methyl sites for hydroxylation is 1. The van der Waals surface area contributed by atoms with E-state index in [0.29, 0.717) is 12.5 Å². The molecule has 0 radical (unpaired) electrons. The summed E-state index contributed by atoms with van der Waals surface area (Å²) >= 11 is 0. The summed E-state index contributed by atoms with van der Waals surface area (Å²) in [6.45, 7) is 4.77. The van der Waals surface area contributed by atoms with Crippen molar-refractivity contribution >= 4 is 0 Å². The molecule has 0 spiro atoms. The van der Waals surface area contributed by atoms with E-state index < -0.39 is 6.10 Å². The van der Waals surface area contributed by atoms with Gasteiger partial charge in [0.2, 0.25) is 0 Å². The minimum Gasteiger partial charge on any atom is -0.384 e. The number of benzene rings is 2. The fourth-order valence-corrected chi connectivity index (χ4v) is 2.18. The van der Waals surface area contributed by atoms with Gasteiger partial charge in [-0.1, -0.05) is 61.0 Å². The highest BCUT2D eigenvalue weighted by Crippen LogP contribution is 2.24. The molecule has 0 saturated carbocycles. The van der Waals surface area contributed by atoms with Crippen LogP contribution in [0.3, 0.4) is 0 Å². The predicted octanol–water partition coefficient (Wildman–Crippen LogP) is 3.14. The first kappa shape index (κ1) is 13.8. The second-order valence-corrected chi connectivity index (χ2v) is 5.12. The van der Waals surface area contributed by atoms with Crippen LogP contribution < -0.4 is 5.73 Å². The van der Waals surface area contributed by atoms with Gasteiger partial charge in [0, 0.05) is 0 Å². The zero-order valence-corrected chi connectivity index (χ0v) is 11.5. The molecule has 2 atom stereocenters. The Bertz CT molecular complexity index is 533. The van der Waals surface area contributed by atoms with Crippen molar-refractivity contribution < 1.29 is 5.11 Å². The van der Waals surface area contributed by atoms with Crippen molar-refractivity contribution in [2.24, 2.45) is 5.73 Å². The Labute approximate surface area is 114 Å². The van der Waals surface area contributed by atoms with Gasteiger partial charge in [-0.25, -0.2) is 0 Å². The van der Waals surface area contributed by atoms with Crippen LogP contribution in [-0.4, -0.2) is 11.7 Å². The maximum atomic E-state index is 10.4. The Morgan fingerprint density at radius 1 is 1.00 bits per heavy atom. The molecule has 0 aromatic heterocycles. The molecule has 0 saturated heterocycles. The Kier molecular flexibility index (Phi) is 4.35. The zero-order valence-electron chi connectivity index (χ0n) is 11.5. The molecule has 2 heteroatoms. The molecule has 2 aromatic rings. The average Bonchev–Trinajstić information content (AvgIpc) is 2.46. The van der Waals surface area contributed by atoms with E-state index in [9.17, 15) is 5.11 Å². The molecule has 0 aliphatic rings. The largest absolute Gasteiger partial charge is 0.384 e. The molecule has 0 amide bonds. The first-order valence-electron chi connectivity index (χ1n) is 6.66. The molecule has 2 aromatic carbocycles. The molecule has 0 aliphatic heterocycles. The first-order chi connectivity index (χ1) is 9.11. The molecule has 2 rings (SSSR count). The van der Waals surface area contributed by atoms with E-state index in [0.717, 1.165) is 16.7 Å². The number of hydrogen-bond acceptors (Lipinski definition) is 2. The van der Waals surface area contributed by atoms with Crippen molar-refractivity contribution in [2.45, 2.75) is 25.9 Å². The topological polar surface area (TPSA) is 46.2 Å². The predicted molar refractivity (Wildman–Crippen MR) is 79.2 cm³/mol. The Hall–Kier alpha value is -1.64. The van der Waals surface area contributed by atoms with E-state index in [-0.39, 0.29) is 0 Å². The van der Waals surface area contributed by atoms with Gasteiger partial charge in [0.05, 0.1) is 0 Å². The van der Waals surface area contributed by atoms with E-state index in [1.165, 1.54) is 5.56 Å². The highest BCUT2D eigenvalue weighted by atomic mass is 16.3. The van der Waals surface area contributed by atoms with E-state index in [2.05, 4.69) is 6.92 Å². The van der Waals surface area contributed by atoms with E-state index in [1.807, 2.05) is 55.5 Å². The van der Waals surface area contributed by atoms with E-state index in [4.69, 9.17) is 5.73 Å². The van der Waals surface area contributed by atoms with Crippen LogP contribution in [0.4, 0.5) is 0 Å². The summed E-state index contributed by atoms with van der Waals surface area (Å²) in [4.78, 5) is 0. The maximum Gasteiger partial charge on any atom is 0.104 e. The minimum atomic E-state index is -0.567. The van der Waals surface area contributed by atoms with Crippen LogP contribution in [0, 0.1) is 6.92 Å². The van der Waals surface area contributed by atoms with Crippen LogP contribution in [0.2, 0.25) is 0 Å². The van der Waals surface area contributed by atoms with Crippen molar-refractivity contribution in [3.8, 4) is 0 Å². The summed E-state index contributed by atoms with van der Waals surface area (Å²) in [5.74, 6) is 0.352.